The largest absolute Gasteiger partial charge is 0.467 e. The van der Waals surface area contributed by atoms with Gasteiger partial charge in [-0.25, -0.2) is 4.79 Å². The molecule has 0 aromatic heterocycles. The molecule has 2 aromatic rings. The first-order chi connectivity index (χ1) is 13.7. The molecule has 0 bridgehead atoms. The molecule has 1 heterocycles. The quantitative estimate of drug-likeness (QED) is 0.703. The molecule has 3 rings (SSSR count). The van der Waals surface area contributed by atoms with E-state index < -0.39 is 18.2 Å². The number of hydrogen-bond donors (Lipinski definition) is 1. The van der Waals surface area contributed by atoms with E-state index in [0.717, 1.165) is 11.1 Å². The number of hydrogen-bond acceptors (Lipinski definition) is 6. The smallest absolute Gasteiger partial charge is 0.337 e. The lowest BCUT2D eigenvalue weighted by molar-refractivity contribution is -0.197. The average Bonchev–Trinajstić information content (AvgIpc) is 2.76. The number of benzene rings is 2. The van der Waals surface area contributed by atoms with Gasteiger partial charge < -0.3 is 24.1 Å². The van der Waals surface area contributed by atoms with E-state index >= 15 is 0 Å². The van der Waals surface area contributed by atoms with E-state index in [1.54, 1.807) is 0 Å². The van der Waals surface area contributed by atoms with Gasteiger partial charge in [-0.1, -0.05) is 60.7 Å². The molecule has 4 atom stereocenters. The molecule has 28 heavy (non-hydrogen) atoms. The first-order valence-electron chi connectivity index (χ1n) is 9.36. The van der Waals surface area contributed by atoms with E-state index in [-0.39, 0.29) is 18.8 Å². The Labute approximate surface area is 165 Å². The van der Waals surface area contributed by atoms with Crippen LogP contribution in [0.5, 0.6) is 0 Å². The molecule has 6 nitrogen and oxygen atoms in total. The lowest BCUT2D eigenvalue weighted by Gasteiger charge is -2.37. The van der Waals surface area contributed by atoms with Crippen LogP contribution < -0.4 is 0 Å². The summed E-state index contributed by atoms with van der Waals surface area (Å²) in [5.74, 6) is -0.713. The van der Waals surface area contributed by atoms with Gasteiger partial charge in [0.15, 0.2) is 6.10 Å². The van der Waals surface area contributed by atoms with Crippen LogP contribution in [0.15, 0.2) is 60.7 Å². The molecule has 0 spiro atoms. The van der Waals surface area contributed by atoms with Crippen LogP contribution in [0.4, 0.5) is 0 Å². The number of aliphatic hydroxyl groups is 1. The summed E-state index contributed by atoms with van der Waals surface area (Å²) < 4.78 is 22.4. The molecule has 1 aliphatic heterocycles. The third-order valence-corrected chi connectivity index (χ3v) is 4.76. The number of carbonyl (C=O) groups excluding carboxylic acids is 1. The molecule has 1 fully saturated rings. The topological polar surface area (TPSA) is 74.2 Å². The number of methoxy groups -OCH3 is 1. The fraction of sp³-hybridized carbons (Fsp3) is 0.409. The van der Waals surface area contributed by atoms with Crippen LogP contribution in [0.3, 0.4) is 0 Å². The van der Waals surface area contributed by atoms with E-state index in [4.69, 9.17) is 14.2 Å². The Balaban J connectivity index is 1.63. The highest BCUT2D eigenvalue weighted by Gasteiger charge is 2.39. The van der Waals surface area contributed by atoms with Gasteiger partial charge in [-0.05, 0) is 11.1 Å². The maximum atomic E-state index is 11.7. The fourth-order valence-electron chi connectivity index (χ4n) is 3.15. The summed E-state index contributed by atoms with van der Waals surface area (Å²) in [5.41, 5.74) is 2.10. The summed E-state index contributed by atoms with van der Waals surface area (Å²) in [5, 5.41) is 10.1. The van der Waals surface area contributed by atoms with E-state index in [0.29, 0.717) is 19.6 Å². The molecule has 1 saturated heterocycles. The van der Waals surface area contributed by atoms with Crippen LogP contribution in [-0.4, -0.2) is 49.2 Å². The van der Waals surface area contributed by atoms with Crippen LogP contribution in [0.2, 0.25) is 0 Å². The molecule has 0 radical (unpaired) electrons. The van der Waals surface area contributed by atoms with Crippen molar-refractivity contribution in [2.75, 3.05) is 13.7 Å². The highest BCUT2D eigenvalue weighted by atomic mass is 16.6. The van der Waals surface area contributed by atoms with Crippen LogP contribution in [-0.2, 0) is 37.0 Å². The lowest BCUT2D eigenvalue weighted by Crippen LogP contribution is -2.50. The van der Waals surface area contributed by atoms with E-state index in [1.165, 1.54) is 7.11 Å². The minimum atomic E-state index is -1.34. The van der Waals surface area contributed by atoms with Crippen molar-refractivity contribution < 1.29 is 28.8 Å². The van der Waals surface area contributed by atoms with Gasteiger partial charge in [-0.3, -0.25) is 0 Å². The number of carbonyl (C=O) groups is 1. The van der Waals surface area contributed by atoms with Crippen molar-refractivity contribution in [3.05, 3.63) is 71.8 Å². The van der Waals surface area contributed by atoms with E-state index in [1.807, 2.05) is 60.7 Å². The van der Waals surface area contributed by atoms with Crippen LogP contribution in [0.25, 0.3) is 0 Å². The lowest BCUT2D eigenvalue weighted by atomic mass is 9.99. The molecule has 150 valence electrons. The maximum Gasteiger partial charge on any atom is 0.337 e. The Hall–Kier alpha value is -2.25. The summed E-state index contributed by atoms with van der Waals surface area (Å²) in [6, 6.07) is 19.7. The minimum Gasteiger partial charge on any atom is -0.467 e. The van der Waals surface area contributed by atoms with E-state index in [2.05, 4.69) is 4.74 Å². The Bertz CT molecular complexity index is 720. The number of aliphatic hydroxyl groups excluding tert-OH is 1. The van der Waals surface area contributed by atoms with Crippen LogP contribution in [0, 0.1) is 0 Å². The predicted octanol–water partition coefficient (Wildman–Crippen LogP) is 2.48. The first-order valence-corrected chi connectivity index (χ1v) is 9.36. The standard InChI is InChI=1S/C22H26O6/c1-25-22(24)21(23)19-12-18(26-13-16-8-4-2-5-9-16)20(15-28-19)27-14-17-10-6-3-7-11-17/h2-11,18-21,23H,12-15H2,1H3/t18-,19-,20+,21-/m0/s1. The van der Waals surface area contributed by atoms with Gasteiger partial charge in [-0.2, -0.15) is 0 Å². The van der Waals surface area contributed by atoms with Gasteiger partial charge in [0, 0.05) is 6.42 Å². The number of rotatable bonds is 8. The van der Waals surface area contributed by atoms with Crippen molar-refractivity contribution in [3.8, 4) is 0 Å². The van der Waals surface area contributed by atoms with Crippen molar-refractivity contribution in [3.63, 3.8) is 0 Å². The molecular formula is C22H26O6. The highest BCUT2D eigenvalue weighted by Crippen LogP contribution is 2.24. The maximum absolute atomic E-state index is 11.7. The summed E-state index contributed by atoms with van der Waals surface area (Å²) in [4.78, 5) is 11.7. The summed E-state index contributed by atoms with van der Waals surface area (Å²) in [6.45, 7) is 1.08. The van der Waals surface area contributed by atoms with Gasteiger partial charge in [-0.15, -0.1) is 0 Å². The van der Waals surface area contributed by atoms with E-state index in [9.17, 15) is 9.90 Å². The summed E-state index contributed by atoms with van der Waals surface area (Å²) in [6.07, 6.45) is -2.32. The summed E-state index contributed by atoms with van der Waals surface area (Å²) >= 11 is 0. The zero-order valence-corrected chi connectivity index (χ0v) is 15.9. The Morgan fingerprint density at radius 1 is 1.00 bits per heavy atom. The molecule has 6 heteroatoms. The van der Waals surface area contributed by atoms with Gasteiger partial charge in [0.2, 0.25) is 0 Å². The third kappa shape index (κ3) is 5.62. The van der Waals surface area contributed by atoms with Crippen molar-refractivity contribution in [2.45, 2.75) is 44.1 Å². The van der Waals surface area contributed by atoms with Gasteiger partial charge in [0.25, 0.3) is 0 Å². The molecule has 1 N–H and O–H groups in total. The van der Waals surface area contributed by atoms with Gasteiger partial charge >= 0.3 is 5.97 Å². The molecular weight excluding hydrogens is 360 g/mol. The van der Waals surface area contributed by atoms with Gasteiger partial charge in [0.1, 0.15) is 6.10 Å². The molecule has 1 aliphatic rings. The number of ether oxygens (including phenoxy) is 4. The Kier molecular flexibility index (Phi) is 7.56. The van der Waals surface area contributed by atoms with Crippen molar-refractivity contribution in [1.82, 2.24) is 0 Å². The van der Waals surface area contributed by atoms with Crippen LogP contribution in [0.1, 0.15) is 17.5 Å². The third-order valence-electron chi connectivity index (χ3n) is 4.76. The predicted molar refractivity (Wildman–Crippen MR) is 102 cm³/mol. The normalized spacial score (nSPS) is 23.1. The van der Waals surface area contributed by atoms with Crippen LogP contribution >= 0.6 is 0 Å². The SMILES string of the molecule is COC(=O)[C@@H](O)[C@@H]1C[C@H](OCc2ccccc2)[C@H](OCc2ccccc2)CO1. The minimum absolute atomic E-state index is 0.227. The molecule has 0 amide bonds. The zero-order chi connectivity index (χ0) is 19.8. The zero-order valence-electron chi connectivity index (χ0n) is 15.9. The molecule has 0 saturated carbocycles. The van der Waals surface area contributed by atoms with Crippen molar-refractivity contribution >= 4 is 5.97 Å². The second kappa shape index (κ2) is 10.3. The highest BCUT2D eigenvalue weighted by molar-refractivity contribution is 5.74. The fourth-order valence-corrected chi connectivity index (χ4v) is 3.15. The molecule has 2 aromatic carbocycles. The second-order valence-corrected chi connectivity index (χ2v) is 6.75. The molecule has 0 unspecified atom stereocenters. The first kappa shape index (κ1) is 20.5. The second-order valence-electron chi connectivity index (χ2n) is 6.75. The Morgan fingerprint density at radius 2 is 1.54 bits per heavy atom. The van der Waals surface area contributed by atoms with Crippen molar-refractivity contribution in [2.24, 2.45) is 0 Å². The van der Waals surface area contributed by atoms with Gasteiger partial charge in [0.05, 0.1) is 39.1 Å². The number of esters is 1. The molecule has 0 aliphatic carbocycles. The Morgan fingerprint density at radius 3 is 2.07 bits per heavy atom. The summed E-state index contributed by atoms with van der Waals surface area (Å²) in [7, 11) is 1.24. The monoisotopic (exact) mass is 386 g/mol. The van der Waals surface area contributed by atoms with Crippen molar-refractivity contribution in [1.29, 1.82) is 0 Å². The average molecular weight is 386 g/mol.